The molecule has 0 aromatic heterocycles. The van der Waals surface area contributed by atoms with Gasteiger partial charge >= 0.3 is 0 Å². The van der Waals surface area contributed by atoms with Crippen LogP contribution in [0, 0.1) is 11.7 Å². The van der Waals surface area contributed by atoms with Gasteiger partial charge in [-0.3, -0.25) is 4.90 Å². The van der Waals surface area contributed by atoms with E-state index in [-0.39, 0.29) is 10.8 Å². The zero-order valence-electron chi connectivity index (χ0n) is 8.22. The summed E-state index contributed by atoms with van der Waals surface area (Å²) in [5.74, 6) is 0.420. The molecule has 0 saturated carbocycles. The van der Waals surface area contributed by atoms with Gasteiger partial charge in [-0.15, -0.1) is 0 Å². The van der Waals surface area contributed by atoms with Crippen LogP contribution >= 0.6 is 27.5 Å². The Hall–Kier alpha value is -0.120. The van der Waals surface area contributed by atoms with E-state index in [1.807, 2.05) is 0 Å². The molecule has 1 saturated heterocycles. The monoisotopic (exact) mass is 291 g/mol. The SMILES string of the molecule is Fc1ccc(CN2CC(CBr)C2)cc1Cl. The molecular formula is C11H12BrClFN. The van der Waals surface area contributed by atoms with Crippen LogP contribution in [0.15, 0.2) is 18.2 Å². The zero-order valence-corrected chi connectivity index (χ0v) is 10.6. The molecule has 1 aromatic carbocycles. The van der Waals surface area contributed by atoms with Crippen molar-refractivity contribution >= 4 is 27.5 Å². The number of halogens is 3. The molecule has 1 heterocycles. The van der Waals surface area contributed by atoms with E-state index in [1.54, 1.807) is 12.1 Å². The van der Waals surface area contributed by atoms with E-state index in [2.05, 4.69) is 20.8 Å². The highest BCUT2D eigenvalue weighted by Crippen LogP contribution is 2.22. The van der Waals surface area contributed by atoms with Crippen molar-refractivity contribution in [2.24, 2.45) is 5.92 Å². The van der Waals surface area contributed by atoms with Crippen molar-refractivity contribution in [3.05, 3.63) is 34.6 Å². The van der Waals surface area contributed by atoms with Gasteiger partial charge in [-0.2, -0.15) is 0 Å². The van der Waals surface area contributed by atoms with Gasteiger partial charge in [0.2, 0.25) is 0 Å². The lowest BCUT2D eigenvalue weighted by Crippen LogP contribution is -2.46. The summed E-state index contributed by atoms with van der Waals surface area (Å²) in [6.45, 7) is 3.09. The summed E-state index contributed by atoms with van der Waals surface area (Å²) >= 11 is 9.18. The molecule has 4 heteroatoms. The van der Waals surface area contributed by atoms with Gasteiger partial charge in [0.05, 0.1) is 5.02 Å². The summed E-state index contributed by atoms with van der Waals surface area (Å²) in [7, 11) is 0. The highest BCUT2D eigenvalue weighted by Gasteiger charge is 2.25. The molecule has 2 rings (SSSR count). The van der Waals surface area contributed by atoms with Crippen LogP contribution in [0.25, 0.3) is 0 Å². The van der Waals surface area contributed by atoms with Crippen LogP contribution < -0.4 is 0 Å². The van der Waals surface area contributed by atoms with Crippen molar-refractivity contribution in [1.82, 2.24) is 4.90 Å². The first-order valence-electron chi connectivity index (χ1n) is 4.91. The van der Waals surface area contributed by atoms with Crippen LogP contribution in [-0.4, -0.2) is 23.3 Å². The largest absolute Gasteiger partial charge is 0.298 e. The minimum Gasteiger partial charge on any atom is -0.298 e. The number of benzene rings is 1. The van der Waals surface area contributed by atoms with E-state index in [4.69, 9.17) is 11.6 Å². The molecule has 1 fully saturated rings. The molecule has 0 spiro atoms. The van der Waals surface area contributed by atoms with Crippen molar-refractivity contribution in [3.63, 3.8) is 0 Å². The van der Waals surface area contributed by atoms with E-state index in [9.17, 15) is 4.39 Å². The molecule has 0 bridgehead atoms. The van der Waals surface area contributed by atoms with Crippen molar-refractivity contribution in [1.29, 1.82) is 0 Å². The van der Waals surface area contributed by atoms with E-state index in [0.717, 1.165) is 36.4 Å². The number of nitrogens with zero attached hydrogens (tertiary/aromatic N) is 1. The van der Waals surface area contributed by atoms with Crippen LogP contribution in [0.3, 0.4) is 0 Å². The summed E-state index contributed by atoms with van der Waals surface area (Å²) in [4.78, 5) is 2.33. The zero-order chi connectivity index (χ0) is 10.8. The molecule has 1 aliphatic rings. The molecule has 0 radical (unpaired) electrons. The fourth-order valence-corrected chi connectivity index (χ4v) is 2.41. The average molecular weight is 293 g/mol. The fraction of sp³-hybridized carbons (Fsp3) is 0.455. The summed E-state index contributed by atoms with van der Waals surface area (Å²) < 4.78 is 12.9. The highest BCUT2D eigenvalue weighted by atomic mass is 79.9. The van der Waals surface area contributed by atoms with Gasteiger partial charge in [0.15, 0.2) is 0 Å². The Bertz CT molecular complexity index is 352. The van der Waals surface area contributed by atoms with Crippen LogP contribution in [0.1, 0.15) is 5.56 Å². The minimum absolute atomic E-state index is 0.213. The van der Waals surface area contributed by atoms with Gasteiger partial charge in [0.25, 0.3) is 0 Å². The number of likely N-dealkylation sites (tertiary alicyclic amines) is 1. The summed E-state index contributed by atoms with van der Waals surface area (Å²) in [6, 6.07) is 4.93. The Morgan fingerprint density at radius 3 is 2.80 bits per heavy atom. The van der Waals surface area contributed by atoms with Crippen molar-refractivity contribution in [3.8, 4) is 0 Å². The van der Waals surface area contributed by atoms with E-state index in [1.165, 1.54) is 6.07 Å². The Labute approximate surface area is 102 Å². The fourth-order valence-electron chi connectivity index (χ4n) is 1.80. The first-order valence-corrected chi connectivity index (χ1v) is 6.41. The molecule has 0 atom stereocenters. The van der Waals surface area contributed by atoms with Crippen LogP contribution in [0.4, 0.5) is 4.39 Å². The predicted octanol–water partition coefficient (Wildman–Crippen LogP) is 3.31. The van der Waals surface area contributed by atoms with Crippen LogP contribution in [0.2, 0.25) is 5.02 Å². The second kappa shape index (κ2) is 4.81. The van der Waals surface area contributed by atoms with Gasteiger partial charge in [0, 0.05) is 25.0 Å². The highest BCUT2D eigenvalue weighted by molar-refractivity contribution is 9.09. The minimum atomic E-state index is -0.345. The topological polar surface area (TPSA) is 3.24 Å². The Balaban J connectivity index is 1.92. The molecule has 0 aliphatic carbocycles. The first-order chi connectivity index (χ1) is 7.19. The summed E-state index contributed by atoms with van der Waals surface area (Å²) in [5, 5.41) is 1.28. The summed E-state index contributed by atoms with van der Waals surface area (Å²) in [6.07, 6.45) is 0. The third kappa shape index (κ3) is 2.71. The third-order valence-corrected chi connectivity index (χ3v) is 3.85. The molecule has 1 aliphatic heterocycles. The second-order valence-electron chi connectivity index (χ2n) is 3.96. The van der Waals surface area contributed by atoms with Crippen molar-refractivity contribution < 1.29 is 4.39 Å². The maximum atomic E-state index is 12.9. The van der Waals surface area contributed by atoms with Gasteiger partial charge in [0.1, 0.15) is 5.82 Å². The molecule has 0 amide bonds. The van der Waals surface area contributed by atoms with Gasteiger partial charge in [-0.25, -0.2) is 4.39 Å². The molecule has 15 heavy (non-hydrogen) atoms. The molecular weight excluding hydrogens is 280 g/mol. The lowest BCUT2D eigenvalue weighted by Gasteiger charge is -2.38. The standard InChI is InChI=1S/C11H12BrClFN/c12-4-9-6-15(7-9)5-8-1-2-11(14)10(13)3-8/h1-3,9H,4-7H2. The Kier molecular flexibility index (Phi) is 3.65. The van der Waals surface area contributed by atoms with Gasteiger partial charge in [-0.05, 0) is 23.6 Å². The van der Waals surface area contributed by atoms with E-state index >= 15 is 0 Å². The lowest BCUT2D eigenvalue weighted by molar-refractivity contribution is 0.108. The van der Waals surface area contributed by atoms with Crippen molar-refractivity contribution in [2.75, 3.05) is 18.4 Å². The second-order valence-corrected chi connectivity index (χ2v) is 5.02. The maximum absolute atomic E-state index is 12.9. The number of hydrogen-bond acceptors (Lipinski definition) is 1. The quantitative estimate of drug-likeness (QED) is 0.773. The molecule has 1 aromatic rings. The molecule has 82 valence electrons. The van der Waals surface area contributed by atoms with Crippen LogP contribution in [0.5, 0.6) is 0 Å². The van der Waals surface area contributed by atoms with E-state index < -0.39 is 0 Å². The number of alkyl halides is 1. The third-order valence-electron chi connectivity index (χ3n) is 2.64. The Morgan fingerprint density at radius 1 is 1.47 bits per heavy atom. The number of hydrogen-bond donors (Lipinski definition) is 0. The average Bonchev–Trinajstić information content (AvgIpc) is 2.16. The molecule has 1 nitrogen and oxygen atoms in total. The molecule has 0 unspecified atom stereocenters. The normalized spacial score (nSPS) is 17.8. The van der Waals surface area contributed by atoms with Crippen molar-refractivity contribution in [2.45, 2.75) is 6.54 Å². The van der Waals surface area contributed by atoms with Gasteiger partial charge < -0.3 is 0 Å². The smallest absolute Gasteiger partial charge is 0.141 e. The lowest BCUT2D eigenvalue weighted by atomic mass is 10.0. The van der Waals surface area contributed by atoms with Crippen LogP contribution in [-0.2, 0) is 6.54 Å². The Morgan fingerprint density at radius 2 is 2.20 bits per heavy atom. The first kappa shape index (κ1) is 11.4. The number of rotatable bonds is 3. The van der Waals surface area contributed by atoms with E-state index in [0.29, 0.717) is 0 Å². The maximum Gasteiger partial charge on any atom is 0.141 e. The molecule has 0 N–H and O–H groups in total. The summed E-state index contributed by atoms with van der Waals surface area (Å²) in [5.41, 5.74) is 1.08. The van der Waals surface area contributed by atoms with Gasteiger partial charge in [-0.1, -0.05) is 33.6 Å². The predicted molar refractivity (Wildman–Crippen MR) is 64.0 cm³/mol.